The van der Waals surface area contributed by atoms with E-state index in [9.17, 15) is 9.46 Å². The summed E-state index contributed by atoms with van der Waals surface area (Å²) in [5, 5.41) is 3.51. The van der Waals surface area contributed by atoms with Crippen LogP contribution in [0.15, 0.2) is 5.11 Å². The van der Waals surface area contributed by atoms with Crippen LogP contribution in [0.25, 0.3) is 10.4 Å². The zero-order chi connectivity index (χ0) is 22.5. The monoisotopic (exact) mass is 442 g/mol. The van der Waals surface area contributed by atoms with Gasteiger partial charge in [-0.3, -0.25) is 4.57 Å². The van der Waals surface area contributed by atoms with E-state index in [-0.39, 0.29) is 25.4 Å². The van der Waals surface area contributed by atoms with E-state index in [4.69, 9.17) is 49.2 Å². The Labute approximate surface area is 179 Å². The molecule has 30 heavy (non-hydrogen) atoms. The molecule has 0 aromatic rings. The summed E-state index contributed by atoms with van der Waals surface area (Å²) in [6, 6.07) is -2.70. The Morgan fingerprint density at radius 3 is 2.50 bits per heavy atom. The third kappa shape index (κ3) is 7.51. The Morgan fingerprint density at radius 2 is 1.90 bits per heavy atom. The number of ether oxygens (including phenoxy) is 4. The van der Waals surface area contributed by atoms with Crippen molar-refractivity contribution in [3.63, 3.8) is 0 Å². The molecule has 0 N–H and O–H groups in total. The van der Waals surface area contributed by atoms with E-state index in [1.54, 1.807) is 13.8 Å². The molecule has 14 heteroatoms. The molecule has 2 aliphatic heterocycles. The minimum absolute atomic E-state index is 0.00161. The highest BCUT2D eigenvalue weighted by Crippen LogP contribution is 2.44. The summed E-state index contributed by atoms with van der Waals surface area (Å²) >= 11 is 0. The lowest BCUT2D eigenvalue weighted by Gasteiger charge is -2.31. The second kappa shape index (κ2) is 11.3. The number of phosphoric acid groups is 1. The van der Waals surface area contributed by atoms with E-state index in [0.717, 1.165) is 0 Å². The van der Waals surface area contributed by atoms with Crippen LogP contribution in [-0.4, -0.2) is 83.6 Å². The Morgan fingerprint density at radius 1 is 1.20 bits per heavy atom. The maximum Gasteiger partial charge on any atom is 0.268 e. The molecule has 2 saturated heterocycles. The molecule has 4 radical (unpaired) electrons. The number of hydrogen-bond donors (Lipinski definition) is 0. The van der Waals surface area contributed by atoms with Gasteiger partial charge in [0.05, 0.1) is 37.6 Å². The fourth-order valence-electron chi connectivity index (χ4n) is 3.24. The highest BCUT2D eigenvalue weighted by atomic mass is 31.2. The van der Waals surface area contributed by atoms with Gasteiger partial charge in [-0.25, -0.2) is 0 Å². The van der Waals surface area contributed by atoms with Crippen LogP contribution in [0.5, 0.6) is 0 Å². The lowest BCUT2D eigenvalue weighted by molar-refractivity contribution is -0.234. The van der Waals surface area contributed by atoms with Crippen LogP contribution in [0.3, 0.4) is 0 Å². The summed E-state index contributed by atoms with van der Waals surface area (Å²) < 4.78 is 44.8. The van der Waals surface area contributed by atoms with Crippen LogP contribution < -0.4 is 4.89 Å². The number of hydrogen-bond acceptors (Lipinski definition) is 9. The number of phosphoric ester groups is 1. The van der Waals surface area contributed by atoms with Crippen molar-refractivity contribution in [1.82, 2.24) is 0 Å². The fraction of sp³-hybridized carbons (Fsp3) is 1.00. The normalized spacial score (nSPS) is 36.2. The van der Waals surface area contributed by atoms with Gasteiger partial charge in [0.2, 0.25) is 0 Å². The minimum Gasteiger partial charge on any atom is -0.756 e. The van der Waals surface area contributed by atoms with Gasteiger partial charge >= 0.3 is 0 Å². The van der Waals surface area contributed by atoms with E-state index in [1.807, 2.05) is 13.8 Å². The lowest BCUT2D eigenvalue weighted by Crippen LogP contribution is -2.38. The van der Waals surface area contributed by atoms with Crippen molar-refractivity contribution in [2.45, 2.75) is 88.8 Å². The van der Waals surface area contributed by atoms with Crippen molar-refractivity contribution in [2.24, 2.45) is 5.11 Å². The second-order valence-corrected chi connectivity index (χ2v) is 9.07. The molecule has 2 fully saturated rings. The summed E-state index contributed by atoms with van der Waals surface area (Å²) in [6.45, 7) is 6.96. The van der Waals surface area contributed by atoms with Crippen LogP contribution in [0.4, 0.5) is 0 Å². The van der Waals surface area contributed by atoms with Crippen LogP contribution in [-0.2, 0) is 32.6 Å². The van der Waals surface area contributed by atoms with Crippen LogP contribution in [0.2, 0.25) is 0 Å². The summed E-state index contributed by atoms with van der Waals surface area (Å²) in [7, 11) is 6.75. The van der Waals surface area contributed by atoms with Crippen LogP contribution in [0, 0.1) is 0 Å². The van der Waals surface area contributed by atoms with Crippen LogP contribution >= 0.6 is 7.82 Å². The van der Waals surface area contributed by atoms with E-state index < -0.39 is 50.3 Å². The van der Waals surface area contributed by atoms with E-state index in [0.29, 0.717) is 6.42 Å². The molecule has 0 amide bonds. The molecule has 2 aliphatic rings. The van der Waals surface area contributed by atoms with Gasteiger partial charge < -0.3 is 32.9 Å². The largest absolute Gasteiger partial charge is 0.756 e. The van der Waals surface area contributed by atoms with Crippen molar-refractivity contribution < 1.29 is 37.5 Å². The molecular weight excluding hydrogens is 415 g/mol. The summed E-state index contributed by atoms with van der Waals surface area (Å²) in [6.07, 6.45) is -2.97. The maximum absolute atomic E-state index is 12.5. The Balaban J connectivity index is 2.02. The number of nitrogens with zero attached hydrogens (tertiary/aromatic N) is 3. The third-order valence-electron chi connectivity index (χ3n) is 4.47. The van der Waals surface area contributed by atoms with Gasteiger partial charge in [0.15, 0.2) is 0 Å². The Bertz CT molecular complexity index is 654. The Kier molecular flexibility index (Phi) is 9.67. The highest BCUT2D eigenvalue weighted by Gasteiger charge is 2.45. The lowest BCUT2D eigenvalue weighted by atomic mass is 9.91. The molecular formula is C16H27B2N3O8P-. The first-order chi connectivity index (χ1) is 14.0. The van der Waals surface area contributed by atoms with Gasteiger partial charge in [-0.05, 0) is 39.6 Å². The minimum atomic E-state index is -4.85. The predicted molar refractivity (Wildman–Crippen MR) is 106 cm³/mol. The quantitative estimate of drug-likeness (QED) is 0.151. The number of rotatable bonds is 11. The topological polar surface area (TPSA) is 144 Å². The van der Waals surface area contributed by atoms with E-state index in [2.05, 4.69) is 10.0 Å². The first-order valence-electron chi connectivity index (χ1n) is 9.79. The second-order valence-electron chi connectivity index (χ2n) is 7.70. The fourth-order valence-corrected chi connectivity index (χ4v) is 4.19. The molecule has 2 rings (SSSR count). The zero-order valence-electron chi connectivity index (χ0n) is 17.5. The van der Waals surface area contributed by atoms with Crippen molar-refractivity contribution >= 4 is 23.5 Å². The molecule has 0 aromatic carbocycles. The molecule has 0 spiro atoms. The summed E-state index contributed by atoms with van der Waals surface area (Å²) in [4.78, 5) is 15.2. The highest BCUT2D eigenvalue weighted by molar-refractivity contribution is 7.45. The van der Waals surface area contributed by atoms with Gasteiger partial charge in [0.25, 0.3) is 7.82 Å². The van der Waals surface area contributed by atoms with E-state index >= 15 is 0 Å². The molecule has 0 saturated carbocycles. The zero-order valence-corrected chi connectivity index (χ0v) is 18.4. The molecule has 166 valence electrons. The maximum atomic E-state index is 12.5. The summed E-state index contributed by atoms with van der Waals surface area (Å²) in [5.41, 5.74) is 8.78. The first kappa shape index (κ1) is 25.6. The third-order valence-corrected chi connectivity index (χ3v) is 5.44. The molecule has 2 unspecified atom stereocenters. The van der Waals surface area contributed by atoms with E-state index in [1.165, 1.54) is 0 Å². The number of azide groups is 1. The molecule has 0 aromatic heterocycles. The molecule has 0 aliphatic carbocycles. The van der Waals surface area contributed by atoms with Crippen molar-refractivity contribution in [3.8, 4) is 0 Å². The molecule has 2 heterocycles. The van der Waals surface area contributed by atoms with Gasteiger partial charge in [-0.1, -0.05) is 5.11 Å². The SMILES string of the molecule is [B][C@@H]1O[C@H](COC(C)C)[C@H](OP(=O)([O-])OC[C@H]2O[C@@H]([B])C[C@H]2OC(C)C)C1N=[N+]=[N-]. The van der Waals surface area contributed by atoms with Crippen LogP contribution in [0.1, 0.15) is 34.1 Å². The molecule has 11 nitrogen and oxygen atoms in total. The Hall–Kier alpha value is -0.610. The van der Waals surface area contributed by atoms with Crippen molar-refractivity contribution in [1.29, 1.82) is 0 Å². The average molecular weight is 442 g/mol. The average Bonchev–Trinajstić information content (AvgIpc) is 3.11. The first-order valence-corrected chi connectivity index (χ1v) is 11.3. The predicted octanol–water partition coefficient (Wildman–Crippen LogP) is 0.931. The summed E-state index contributed by atoms with van der Waals surface area (Å²) in [5.74, 6) is 0. The van der Waals surface area contributed by atoms with Gasteiger partial charge in [-0.15, -0.1) is 0 Å². The molecule has 8 atom stereocenters. The van der Waals surface area contributed by atoms with Gasteiger partial charge in [-0.2, -0.15) is 0 Å². The van der Waals surface area contributed by atoms with Gasteiger partial charge in [0.1, 0.15) is 34.0 Å². The standard InChI is InChI=1S/C16H28B2N3O8P/c1-8(2)24-6-12-15(14(20-21-19)16(18)28-12)29-30(22,23)25-7-11-10(26-9(3)4)5-13(17)27-11/h8-16H,5-7H2,1-4H3,(H,22,23)/p-1/t10-,11-,12-,13-,14?,15+,16-/m1/s1. The molecule has 0 bridgehead atoms. The van der Waals surface area contributed by atoms with Crippen molar-refractivity contribution in [3.05, 3.63) is 10.4 Å². The van der Waals surface area contributed by atoms with Gasteiger partial charge in [0, 0.05) is 16.9 Å². The van der Waals surface area contributed by atoms with Crippen molar-refractivity contribution in [2.75, 3.05) is 13.2 Å². The smallest absolute Gasteiger partial charge is 0.268 e.